The maximum Gasteiger partial charge on any atom is 0.120 e. The predicted molar refractivity (Wildman–Crippen MR) is 89.2 cm³/mol. The third kappa shape index (κ3) is 3.85. The van der Waals surface area contributed by atoms with Crippen LogP contribution in [-0.2, 0) is 6.54 Å². The summed E-state index contributed by atoms with van der Waals surface area (Å²) in [6, 6.07) is 8.26. The molecule has 114 valence electrons. The van der Waals surface area contributed by atoms with Gasteiger partial charge in [0.1, 0.15) is 5.75 Å². The van der Waals surface area contributed by atoms with E-state index in [1.54, 1.807) is 0 Å². The van der Waals surface area contributed by atoms with Gasteiger partial charge in [0.05, 0.1) is 17.8 Å². The highest BCUT2D eigenvalue weighted by Crippen LogP contribution is 2.29. The van der Waals surface area contributed by atoms with Crippen LogP contribution < -0.4 is 15.0 Å². The van der Waals surface area contributed by atoms with Crippen molar-refractivity contribution in [3.05, 3.63) is 30.0 Å². The third-order valence-electron chi connectivity index (χ3n) is 3.23. The standard InChI is InChI=1S/C17H25N3O/c1-12(2)11-21-14-6-7-16-15(9-14)17(20(4)5)8-13(19-16)10-18-3/h6-9,12,18H,10-11H2,1-5H3. The second-order valence-electron chi connectivity index (χ2n) is 5.94. The number of hydrogen-bond acceptors (Lipinski definition) is 4. The molecule has 1 aromatic carbocycles. The second kappa shape index (κ2) is 6.76. The molecule has 0 aliphatic carbocycles. The van der Waals surface area contributed by atoms with Crippen molar-refractivity contribution in [3.63, 3.8) is 0 Å². The fourth-order valence-electron chi connectivity index (χ4n) is 2.23. The highest BCUT2D eigenvalue weighted by Gasteiger charge is 2.09. The number of hydrogen-bond donors (Lipinski definition) is 1. The molecule has 0 aliphatic heterocycles. The average molecular weight is 287 g/mol. The molecule has 4 nitrogen and oxygen atoms in total. The number of nitrogens with one attached hydrogen (secondary N) is 1. The number of nitrogens with zero attached hydrogens (tertiary/aromatic N) is 2. The molecule has 0 aliphatic rings. The molecule has 0 amide bonds. The molecule has 2 rings (SSSR count). The average Bonchev–Trinajstić information content (AvgIpc) is 2.44. The first-order valence-electron chi connectivity index (χ1n) is 7.39. The van der Waals surface area contributed by atoms with Crippen molar-refractivity contribution >= 4 is 16.6 Å². The van der Waals surface area contributed by atoms with Crippen LogP contribution in [0, 0.1) is 5.92 Å². The third-order valence-corrected chi connectivity index (χ3v) is 3.23. The van der Waals surface area contributed by atoms with E-state index in [4.69, 9.17) is 9.72 Å². The van der Waals surface area contributed by atoms with Gasteiger partial charge in [0.25, 0.3) is 0 Å². The maximum atomic E-state index is 5.83. The quantitative estimate of drug-likeness (QED) is 0.886. The Morgan fingerprint density at radius 3 is 2.62 bits per heavy atom. The first-order valence-corrected chi connectivity index (χ1v) is 7.39. The molecule has 0 radical (unpaired) electrons. The minimum absolute atomic E-state index is 0.519. The smallest absolute Gasteiger partial charge is 0.120 e. The Hall–Kier alpha value is -1.81. The van der Waals surface area contributed by atoms with E-state index in [-0.39, 0.29) is 0 Å². The SMILES string of the molecule is CNCc1cc(N(C)C)c2cc(OCC(C)C)ccc2n1. The number of ether oxygens (including phenoxy) is 1. The van der Waals surface area contributed by atoms with Crippen molar-refractivity contribution in [2.75, 3.05) is 32.6 Å². The summed E-state index contributed by atoms with van der Waals surface area (Å²) in [5.41, 5.74) is 3.22. The Labute approximate surface area is 127 Å². The first kappa shape index (κ1) is 15.6. The van der Waals surface area contributed by atoms with E-state index in [0.29, 0.717) is 5.92 Å². The summed E-state index contributed by atoms with van der Waals surface area (Å²) in [6.45, 7) is 5.80. The fourth-order valence-corrected chi connectivity index (χ4v) is 2.23. The van der Waals surface area contributed by atoms with Crippen LogP contribution in [0.15, 0.2) is 24.3 Å². The van der Waals surface area contributed by atoms with Crippen molar-refractivity contribution in [2.45, 2.75) is 20.4 Å². The zero-order chi connectivity index (χ0) is 15.4. The van der Waals surface area contributed by atoms with Gasteiger partial charge in [0, 0.05) is 31.7 Å². The van der Waals surface area contributed by atoms with Gasteiger partial charge in [-0.05, 0) is 37.2 Å². The number of aromatic nitrogens is 1. The van der Waals surface area contributed by atoms with Crippen LogP contribution in [0.1, 0.15) is 19.5 Å². The highest BCUT2D eigenvalue weighted by molar-refractivity contribution is 5.92. The minimum Gasteiger partial charge on any atom is -0.493 e. The van der Waals surface area contributed by atoms with Crippen LogP contribution in [0.3, 0.4) is 0 Å². The van der Waals surface area contributed by atoms with Crippen molar-refractivity contribution < 1.29 is 4.74 Å². The number of benzene rings is 1. The molecule has 21 heavy (non-hydrogen) atoms. The van der Waals surface area contributed by atoms with Crippen LogP contribution in [0.4, 0.5) is 5.69 Å². The topological polar surface area (TPSA) is 37.4 Å². The molecule has 0 atom stereocenters. The monoisotopic (exact) mass is 287 g/mol. The number of pyridine rings is 1. The molecule has 1 heterocycles. The summed E-state index contributed by atoms with van der Waals surface area (Å²) in [4.78, 5) is 6.82. The summed E-state index contributed by atoms with van der Waals surface area (Å²) in [7, 11) is 6.04. The van der Waals surface area contributed by atoms with E-state index < -0.39 is 0 Å². The predicted octanol–water partition coefficient (Wildman–Crippen LogP) is 3.06. The van der Waals surface area contributed by atoms with Crippen LogP contribution in [0.5, 0.6) is 5.75 Å². The molecular formula is C17H25N3O. The van der Waals surface area contributed by atoms with E-state index >= 15 is 0 Å². The molecule has 4 heteroatoms. The number of anilines is 1. The Bertz CT molecular complexity index is 608. The molecule has 1 N–H and O–H groups in total. The highest BCUT2D eigenvalue weighted by atomic mass is 16.5. The largest absolute Gasteiger partial charge is 0.493 e. The normalized spacial score (nSPS) is 11.1. The van der Waals surface area contributed by atoms with E-state index in [0.717, 1.165) is 35.5 Å². The second-order valence-corrected chi connectivity index (χ2v) is 5.94. The molecule has 0 saturated heterocycles. The van der Waals surface area contributed by atoms with Gasteiger partial charge >= 0.3 is 0 Å². The molecule has 0 saturated carbocycles. The molecule has 0 unspecified atom stereocenters. The van der Waals surface area contributed by atoms with Crippen molar-refractivity contribution in [1.82, 2.24) is 10.3 Å². The van der Waals surface area contributed by atoms with Gasteiger partial charge in [-0.25, -0.2) is 0 Å². The molecule has 0 spiro atoms. The van der Waals surface area contributed by atoms with Crippen LogP contribution in [-0.4, -0.2) is 32.7 Å². The van der Waals surface area contributed by atoms with Crippen molar-refractivity contribution in [2.24, 2.45) is 5.92 Å². The van der Waals surface area contributed by atoms with Gasteiger partial charge in [-0.2, -0.15) is 0 Å². The lowest BCUT2D eigenvalue weighted by Gasteiger charge is -2.18. The summed E-state index contributed by atoms with van der Waals surface area (Å²) in [5.74, 6) is 1.42. The lowest BCUT2D eigenvalue weighted by atomic mass is 10.1. The summed E-state index contributed by atoms with van der Waals surface area (Å²) < 4.78 is 5.83. The van der Waals surface area contributed by atoms with E-state index in [1.165, 1.54) is 5.69 Å². The summed E-state index contributed by atoms with van der Waals surface area (Å²) in [6.07, 6.45) is 0. The number of rotatable bonds is 6. The van der Waals surface area contributed by atoms with E-state index in [2.05, 4.69) is 50.3 Å². The van der Waals surface area contributed by atoms with Gasteiger partial charge in [0.2, 0.25) is 0 Å². The molecule has 2 aromatic rings. The van der Waals surface area contributed by atoms with Gasteiger partial charge in [-0.3, -0.25) is 4.98 Å². The van der Waals surface area contributed by atoms with Crippen molar-refractivity contribution in [1.29, 1.82) is 0 Å². The van der Waals surface area contributed by atoms with Crippen molar-refractivity contribution in [3.8, 4) is 5.75 Å². The van der Waals surface area contributed by atoms with Crippen LogP contribution >= 0.6 is 0 Å². The Morgan fingerprint density at radius 1 is 1.24 bits per heavy atom. The van der Waals surface area contributed by atoms with Crippen LogP contribution in [0.2, 0.25) is 0 Å². The van der Waals surface area contributed by atoms with E-state index in [9.17, 15) is 0 Å². The summed E-state index contributed by atoms with van der Waals surface area (Å²) in [5, 5.41) is 4.28. The summed E-state index contributed by atoms with van der Waals surface area (Å²) >= 11 is 0. The van der Waals surface area contributed by atoms with Gasteiger partial charge in [-0.1, -0.05) is 13.8 Å². The minimum atomic E-state index is 0.519. The van der Waals surface area contributed by atoms with Crippen LogP contribution in [0.25, 0.3) is 10.9 Å². The zero-order valence-electron chi connectivity index (χ0n) is 13.6. The lowest BCUT2D eigenvalue weighted by molar-refractivity contribution is 0.271. The Morgan fingerprint density at radius 2 is 2.00 bits per heavy atom. The Balaban J connectivity index is 2.44. The van der Waals surface area contributed by atoms with E-state index in [1.807, 2.05) is 19.2 Å². The van der Waals surface area contributed by atoms with Gasteiger partial charge in [0.15, 0.2) is 0 Å². The molecule has 1 aromatic heterocycles. The molecule has 0 fully saturated rings. The lowest BCUT2D eigenvalue weighted by Crippen LogP contribution is -2.13. The zero-order valence-corrected chi connectivity index (χ0v) is 13.6. The molecular weight excluding hydrogens is 262 g/mol. The van der Waals surface area contributed by atoms with Gasteiger partial charge < -0.3 is 15.0 Å². The van der Waals surface area contributed by atoms with Gasteiger partial charge in [-0.15, -0.1) is 0 Å². The fraction of sp³-hybridized carbons (Fsp3) is 0.471. The maximum absolute atomic E-state index is 5.83. The molecule has 0 bridgehead atoms. The first-order chi connectivity index (χ1) is 10.0. The number of fused-ring (bicyclic) bond motifs is 1. The Kier molecular flexibility index (Phi) is 5.02.